The summed E-state index contributed by atoms with van der Waals surface area (Å²) in [6.45, 7) is 1.04. The van der Waals surface area contributed by atoms with E-state index >= 15 is 0 Å². The summed E-state index contributed by atoms with van der Waals surface area (Å²) in [4.78, 5) is 14.0. The van der Waals surface area contributed by atoms with Crippen molar-refractivity contribution in [3.8, 4) is 11.5 Å². The van der Waals surface area contributed by atoms with Gasteiger partial charge in [-0.3, -0.25) is 4.79 Å². The van der Waals surface area contributed by atoms with Crippen molar-refractivity contribution >= 4 is 5.91 Å². The number of hydrogen-bond acceptors (Lipinski definition) is 5. The van der Waals surface area contributed by atoms with Crippen LogP contribution in [0.5, 0.6) is 11.5 Å². The first-order valence-electron chi connectivity index (χ1n) is 9.42. The molecule has 0 unspecified atom stereocenters. The number of nitrogens with zero attached hydrogens (tertiary/aromatic N) is 1. The molecule has 1 heterocycles. The molecule has 1 aromatic carbocycles. The number of carbonyl (C=O) groups excluding carboxylic acids is 1. The van der Waals surface area contributed by atoms with E-state index in [9.17, 15) is 9.90 Å². The molecule has 3 rings (SSSR count). The molecule has 3 atom stereocenters. The zero-order valence-corrected chi connectivity index (χ0v) is 15.6. The number of ether oxygens (including phenoxy) is 3. The molecule has 1 amide bonds. The number of aliphatic hydroxyl groups is 1. The van der Waals surface area contributed by atoms with Crippen LogP contribution in [-0.2, 0) is 16.0 Å². The predicted octanol–water partition coefficient (Wildman–Crippen LogP) is 2.17. The molecule has 0 bridgehead atoms. The molecule has 1 aromatic rings. The smallest absolute Gasteiger partial charge is 0.225 e. The first-order chi connectivity index (χ1) is 12.6. The molecule has 1 saturated heterocycles. The van der Waals surface area contributed by atoms with Crippen LogP contribution in [0.15, 0.2) is 18.2 Å². The second kappa shape index (κ2) is 8.73. The molecular weight excluding hydrogens is 334 g/mol. The van der Waals surface area contributed by atoms with Gasteiger partial charge in [-0.2, -0.15) is 0 Å². The molecule has 6 heteroatoms. The fourth-order valence-electron chi connectivity index (χ4n) is 4.03. The fraction of sp³-hybridized carbons (Fsp3) is 0.650. The Morgan fingerprint density at radius 1 is 1.15 bits per heavy atom. The summed E-state index contributed by atoms with van der Waals surface area (Å²) in [6.07, 6.45) is 4.71. The quantitative estimate of drug-likeness (QED) is 0.804. The Balaban J connectivity index is 1.56. The molecule has 144 valence electrons. The lowest BCUT2D eigenvalue weighted by Crippen LogP contribution is -2.47. The van der Waals surface area contributed by atoms with E-state index in [1.54, 1.807) is 14.2 Å². The van der Waals surface area contributed by atoms with Gasteiger partial charge in [0.2, 0.25) is 5.91 Å². The Kier molecular flexibility index (Phi) is 6.38. The highest BCUT2D eigenvalue weighted by Gasteiger charge is 2.38. The molecule has 1 aliphatic heterocycles. The average molecular weight is 363 g/mol. The van der Waals surface area contributed by atoms with Crippen molar-refractivity contribution in [2.24, 2.45) is 0 Å². The third-order valence-electron chi connectivity index (χ3n) is 5.38. The maximum atomic E-state index is 12.1. The number of rotatable bonds is 7. The van der Waals surface area contributed by atoms with E-state index in [4.69, 9.17) is 14.2 Å². The molecule has 1 aliphatic carbocycles. The molecular formula is C20H29NO5. The van der Waals surface area contributed by atoms with Crippen molar-refractivity contribution in [3.63, 3.8) is 0 Å². The maximum absolute atomic E-state index is 12.1. The molecule has 1 N–H and O–H groups in total. The Bertz CT molecular complexity index is 620. The SMILES string of the molecule is COc1ccc(CCO[C@@H]2CCCC[C@H]2N2C[C@H](O)CC2=O)cc1OC. The molecule has 6 nitrogen and oxygen atoms in total. The van der Waals surface area contributed by atoms with Crippen LogP contribution in [-0.4, -0.2) is 61.5 Å². The summed E-state index contributed by atoms with van der Waals surface area (Å²) in [7, 11) is 3.26. The highest BCUT2D eigenvalue weighted by atomic mass is 16.5. The predicted molar refractivity (Wildman–Crippen MR) is 97.6 cm³/mol. The summed E-state index contributed by atoms with van der Waals surface area (Å²) in [5.41, 5.74) is 1.13. The fourth-order valence-corrected chi connectivity index (χ4v) is 4.03. The summed E-state index contributed by atoms with van der Waals surface area (Å²) >= 11 is 0. The molecule has 0 spiro atoms. The Labute approximate surface area is 155 Å². The number of hydrogen-bond donors (Lipinski definition) is 1. The van der Waals surface area contributed by atoms with E-state index in [1.165, 1.54) is 0 Å². The van der Waals surface area contributed by atoms with Crippen LogP contribution in [0.25, 0.3) is 0 Å². The van der Waals surface area contributed by atoms with Gasteiger partial charge >= 0.3 is 0 Å². The van der Waals surface area contributed by atoms with Crippen LogP contribution in [0.4, 0.5) is 0 Å². The van der Waals surface area contributed by atoms with Gasteiger partial charge in [-0.1, -0.05) is 18.9 Å². The average Bonchev–Trinajstić information content (AvgIpc) is 3.00. The number of benzene rings is 1. The van der Waals surface area contributed by atoms with E-state index in [1.807, 2.05) is 23.1 Å². The van der Waals surface area contributed by atoms with Gasteiger partial charge in [-0.15, -0.1) is 0 Å². The zero-order valence-electron chi connectivity index (χ0n) is 15.6. The van der Waals surface area contributed by atoms with Crippen LogP contribution in [0.2, 0.25) is 0 Å². The number of aliphatic hydroxyl groups excluding tert-OH is 1. The molecule has 1 saturated carbocycles. The third kappa shape index (κ3) is 4.30. The van der Waals surface area contributed by atoms with Crippen molar-refractivity contribution in [3.05, 3.63) is 23.8 Å². The molecule has 26 heavy (non-hydrogen) atoms. The van der Waals surface area contributed by atoms with E-state index in [0.29, 0.717) is 13.2 Å². The minimum absolute atomic E-state index is 0.0536. The van der Waals surface area contributed by atoms with Gasteiger partial charge in [0.15, 0.2) is 11.5 Å². The van der Waals surface area contributed by atoms with Crippen LogP contribution >= 0.6 is 0 Å². The number of methoxy groups -OCH3 is 2. The molecule has 0 radical (unpaired) electrons. The number of β-amino-alcohol motifs (C(OH)–C–C–N with tert-alkyl or cyclic N) is 1. The third-order valence-corrected chi connectivity index (χ3v) is 5.38. The summed E-state index contributed by atoms with van der Waals surface area (Å²) in [6, 6.07) is 5.99. The second-order valence-corrected chi connectivity index (χ2v) is 7.10. The van der Waals surface area contributed by atoms with Crippen molar-refractivity contribution < 1.29 is 24.1 Å². The van der Waals surface area contributed by atoms with Gasteiger partial charge in [-0.05, 0) is 37.0 Å². The largest absolute Gasteiger partial charge is 0.493 e. The normalized spacial score (nSPS) is 26.2. The molecule has 0 aromatic heterocycles. The zero-order chi connectivity index (χ0) is 18.5. The van der Waals surface area contributed by atoms with Crippen LogP contribution in [0.1, 0.15) is 37.7 Å². The number of amides is 1. The van der Waals surface area contributed by atoms with E-state index in [-0.39, 0.29) is 24.5 Å². The van der Waals surface area contributed by atoms with Crippen molar-refractivity contribution in [1.82, 2.24) is 4.90 Å². The lowest BCUT2D eigenvalue weighted by atomic mass is 9.91. The van der Waals surface area contributed by atoms with Gasteiger partial charge < -0.3 is 24.2 Å². The van der Waals surface area contributed by atoms with Crippen LogP contribution in [0.3, 0.4) is 0 Å². The molecule has 2 aliphatic rings. The first-order valence-corrected chi connectivity index (χ1v) is 9.42. The van der Waals surface area contributed by atoms with Crippen molar-refractivity contribution in [2.75, 3.05) is 27.4 Å². The van der Waals surface area contributed by atoms with Gasteiger partial charge in [0, 0.05) is 6.54 Å². The maximum Gasteiger partial charge on any atom is 0.225 e. The topological polar surface area (TPSA) is 68.2 Å². The second-order valence-electron chi connectivity index (χ2n) is 7.10. The monoisotopic (exact) mass is 363 g/mol. The highest BCUT2D eigenvalue weighted by Crippen LogP contribution is 2.30. The molecule has 2 fully saturated rings. The van der Waals surface area contributed by atoms with E-state index < -0.39 is 6.10 Å². The summed E-state index contributed by atoms with van der Waals surface area (Å²) in [5.74, 6) is 1.49. The number of carbonyl (C=O) groups is 1. The van der Waals surface area contributed by atoms with Gasteiger partial charge in [0.25, 0.3) is 0 Å². The van der Waals surface area contributed by atoms with Crippen LogP contribution < -0.4 is 9.47 Å². The van der Waals surface area contributed by atoms with Gasteiger partial charge in [0.05, 0.1) is 45.5 Å². The lowest BCUT2D eigenvalue weighted by Gasteiger charge is -2.37. The number of likely N-dealkylation sites (tertiary alicyclic amines) is 1. The van der Waals surface area contributed by atoms with Crippen LogP contribution in [0, 0.1) is 0 Å². The van der Waals surface area contributed by atoms with E-state index in [2.05, 4.69) is 0 Å². The van der Waals surface area contributed by atoms with E-state index in [0.717, 1.165) is 49.2 Å². The Hall–Kier alpha value is -1.79. The lowest BCUT2D eigenvalue weighted by molar-refractivity contribution is -0.134. The van der Waals surface area contributed by atoms with Gasteiger partial charge in [0.1, 0.15) is 0 Å². The van der Waals surface area contributed by atoms with Crippen molar-refractivity contribution in [2.45, 2.75) is 56.8 Å². The summed E-state index contributed by atoms with van der Waals surface area (Å²) < 4.78 is 16.8. The Morgan fingerprint density at radius 3 is 2.62 bits per heavy atom. The summed E-state index contributed by atoms with van der Waals surface area (Å²) in [5, 5.41) is 9.78. The van der Waals surface area contributed by atoms with Crippen molar-refractivity contribution in [1.29, 1.82) is 0 Å². The first kappa shape index (κ1) is 19.0. The minimum atomic E-state index is -0.531. The van der Waals surface area contributed by atoms with Gasteiger partial charge in [-0.25, -0.2) is 0 Å². The highest BCUT2D eigenvalue weighted by molar-refractivity contribution is 5.79. The minimum Gasteiger partial charge on any atom is -0.493 e. The standard InChI is InChI=1S/C20H29NO5/c1-24-18-8-7-14(11-19(18)25-2)9-10-26-17-6-4-3-5-16(17)21-13-15(22)12-20(21)23/h7-8,11,15-17,22H,3-6,9-10,12-13H2,1-2H3/t15-,16-,17-/m1/s1. The Morgan fingerprint density at radius 2 is 1.92 bits per heavy atom.